The predicted octanol–water partition coefficient (Wildman–Crippen LogP) is 3.57. The summed E-state index contributed by atoms with van der Waals surface area (Å²) in [7, 11) is 0. The molecule has 2 nitrogen and oxygen atoms in total. The van der Waals surface area contributed by atoms with Crippen LogP contribution in [0.3, 0.4) is 0 Å². The fourth-order valence-corrected chi connectivity index (χ4v) is 3.64. The van der Waals surface area contributed by atoms with E-state index in [1.54, 1.807) is 0 Å². The lowest BCUT2D eigenvalue weighted by Crippen LogP contribution is -2.43. The number of nitrogens with zero attached hydrogens (tertiary/aromatic N) is 1. The topological polar surface area (TPSA) is 27.1 Å². The van der Waals surface area contributed by atoms with Gasteiger partial charge < -0.3 is 4.90 Å². The highest BCUT2D eigenvalue weighted by Gasteiger charge is 2.42. The van der Waals surface area contributed by atoms with Gasteiger partial charge in [0.1, 0.15) is 5.84 Å². The molecule has 1 saturated heterocycles. The van der Waals surface area contributed by atoms with Gasteiger partial charge in [-0.3, -0.25) is 5.41 Å². The van der Waals surface area contributed by atoms with E-state index in [2.05, 4.69) is 35.2 Å². The average Bonchev–Trinajstić information content (AvgIpc) is 3.11. The highest BCUT2D eigenvalue weighted by Crippen LogP contribution is 2.43. The predicted molar refractivity (Wildman–Crippen MR) is 75.1 cm³/mol. The summed E-state index contributed by atoms with van der Waals surface area (Å²) in [5.41, 5.74) is 1.38. The molecule has 96 valence electrons. The summed E-state index contributed by atoms with van der Waals surface area (Å²) in [5, 5.41) is 8.69. The van der Waals surface area contributed by atoms with Crippen LogP contribution in [0.25, 0.3) is 0 Å². The summed E-state index contributed by atoms with van der Waals surface area (Å²) in [4.78, 5) is 2.32. The molecule has 1 aliphatic heterocycles. The van der Waals surface area contributed by atoms with Gasteiger partial charge in [0.15, 0.2) is 0 Å². The Morgan fingerprint density at radius 1 is 0.944 bits per heavy atom. The van der Waals surface area contributed by atoms with E-state index in [1.807, 2.05) is 0 Å². The van der Waals surface area contributed by atoms with Crippen LogP contribution in [0.15, 0.2) is 30.3 Å². The average molecular weight is 242 g/mol. The molecule has 2 aliphatic rings. The third-order valence-corrected chi connectivity index (χ3v) is 4.66. The molecule has 18 heavy (non-hydrogen) atoms. The van der Waals surface area contributed by atoms with Crippen molar-refractivity contribution in [1.29, 1.82) is 5.41 Å². The second kappa shape index (κ2) is 4.75. The Bertz CT molecular complexity index is 412. The molecule has 0 spiro atoms. The van der Waals surface area contributed by atoms with E-state index in [9.17, 15) is 0 Å². The van der Waals surface area contributed by atoms with Gasteiger partial charge in [-0.05, 0) is 31.2 Å². The Hall–Kier alpha value is -1.31. The molecule has 0 aromatic heterocycles. The Morgan fingerprint density at radius 2 is 1.56 bits per heavy atom. The standard InChI is InChI=1S/C16H22N2/c17-15(18-12-6-7-13-18)16(10-4-5-11-16)14-8-2-1-3-9-14/h1-3,8-9,17H,4-7,10-13H2. The van der Waals surface area contributed by atoms with E-state index < -0.39 is 0 Å². The van der Waals surface area contributed by atoms with E-state index in [4.69, 9.17) is 5.41 Å². The number of nitrogens with one attached hydrogen (secondary N) is 1. The lowest BCUT2D eigenvalue weighted by Gasteiger charge is -2.35. The lowest BCUT2D eigenvalue weighted by molar-refractivity contribution is 0.438. The number of rotatable bonds is 2. The number of likely N-dealkylation sites (tertiary alicyclic amines) is 1. The van der Waals surface area contributed by atoms with Crippen molar-refractivity contribution in [3.63, 3.8) is 0 Å². The normalized spacial score (nSPS) is 22.3. The summed E-state index contributed by atoms with van der Waals surface area (Å²) >= 11 is 0. The summed E-state index contributed by atoms with van der Waals surface area (Å²) in [6.45, 7) is 2.18. The zero-order valence-electron chi connectivity index (χ0n) is 11.0. The van der Waals surface area contributed by atoms with Gasteiger partial charge in [0.05, 0.1) is 5.41 Å². The number of hydrogen-bond donors (Lipinski definition) is 1. The van der Waals surface area contributed by atoms with Crippen LogP contribution in [0.2, 0.25) is 0 Å². The third-order valence-electron chi connectivity index (χ3n) is 4.66. The largest absolute Gasteiger partial charge is 0.360 e. The molecule has 0 amide bonds. The first-order valence-corrected chi connectivity index (χ1v) is 7.22. The van der Waals surface area contributed by atoms with E-state index in [-0.39, 0.29) is 5.41 Å². The summed E-state index contributed by atoms with van der Waals surface area (Å²) in [6.07, 6.45) is 7.37. The van der Waals surface area contributed by atoms with Gasteiger partial charge >= 0.3 is 0 Å². The fraction of sp³-hybridized carbons (Fsp3) is 0.562. The molecule has 0 radical (unpaired) electrons. The summed E-state index contributed by atoms with van der Waals surface area (Å²) in [5.74, 6) is 0.892. The van der Waals surface area contributed by atoms with Gasteiger partial charge in [-0.1, -0.05) is 43.2 Å². The summed E-state index contributed by atoms with van der Waals surface area (Å²) < 4.78 is 0. The van der Waals surface area contributed by atoms with Crippen molar-refractivity contribution >= 4 is 5.84 Å². The molecule has 2 fully saturated rings. The van der Waals surface area contributed by atoms with Gasteiger partial charge in [-0.15, -0.1) is 0 Å². The van der Waals surface area contributed by atoms with E-state index >= 15 is 0 Å². The highest BCUT2D eigenvalue weighted by atomic mass is 15.2. The quantitative estimate of drug-likeness (QED) is 0.623. The minimum absolute atomic E-state index is 0.0194. The van der Waals surface area contributed by atoms with E-state index in [0.29, 0.717) is 0 Å². The Morgan fingerprint density at radius 3 is 2.17 bits per heavy atom. The van der Waals surface area contributed by atoms with Gasteiger partial charge in [0.25, 0.3) is 0 Å². The molecule has 1 aromatic carbocycles. The van der Waals surface area contributed by atoms with E-state index in [1.165, 1.54) is 31.2 Å². The molecule has 1 aliphatic carbocycles. The molecule has 2 heteroatoms. The maximum atomic E-state index is 8.69. The zero-order valence-corrected chi connectivity index (χ0v) is 11.0. The van der Waals surface area contributed by atoms with Gasteiger partial charge in [0, 0.05) is 13.1 Å². The Kier molecular flexibility index (Phi) is 3.11. The molecular weight excluding hydrogens is 220 g/mol. The Labute approximate surface area is 110 Å². The van der Waals surface area contributed by atoms with Crippen LogP contribution in [0.4, 0.5) is 0 Å². The van der Waals surface area contributed by atoms with Crippen molar-refractivity contribution in [2.45, 2.75) is 43.9 Å². The second-order valence-corrected chi connectivity index (χ2v) is 5.70. The minimum atomic E-state index is 0.0194. The van der Waals surface area contributed by atoms with Gasteiger partial charge in [-0.25, -0.2) is 0 Å². The third kappa shape index (κ3) is 1.84. The zero-order chi connectivity index (χ0) is 12.4. The van der Waals surface area contributed by atoms with E-state index in [0.717, 1.165) is 31.8 Å². The number of hydrogen-bond acceptors (Lipinski definition) is 1. The molecule has 1 heterocycles. The molecule has 1 N–H and O–H groups in total. The monoisotopic (exact) mass is 242 g/mol. The molecule has 1 aromatic rings. The maximum Gasteiger partial charge on any atom is 0.107 e. The lowest BCUT2D eigenvalue weighted by atomic mass is 9.77. The first-order valence-electron chi connectivity index (χ1n) is 7.22. The van der Waals surface area contributed by atoms with Crippen molar-refractivity contribution in [3.05, 3.63) is 35.9 Å². The first-order chi connectivity index (χ1) is 8.83. The highest BCUT2D eigenvalue weighted by molar-refractivity contribution is 5.91. The maximum absolute atomic E-state index is 8.69. The smallest absolute Gasteiger partial charge is 0.107 e. The molecule has 0 unspecified atom stereocenters. The number of amidine groups is 1. The van der Waals surface area contributed by atoms with Crippen LogP contribution in [0.1, 0.15) is 44.1 Å². The van der Waals surface area contributed by atoms with Gasteiger partial charge in [-0.2, -0.15) is 0 Å². The second-order valence-electron chi connectivity index (χ2n) is 5.70. The van der Waals surface area contributed by atoms with Crippen LogP contribution in [-0.2, 0) is 5.41 Å². The first kappa shape index (κ1) is 11.8. The Balaban J connectivity index is 1.94. The molecule has 3 rings (SSSR count). The van der Waals surface area contributed by atoms with Crippen LogP contribution in [-0.4, -0.2) is 23.8 Å². The molecule has 0 bridgehead atoms. The molecular formula is C16H22N2. The van der Waals surface area contributed by atoms with Crippen LogP contribution >= 0.6 is 0 Å². The summed E-state index contributed by atoms with van der Waals surface area (Å²) in [6, 6.07) is 10.7. The molecule has 0 atom stereocenters. The van der Waals surface area contributed by atoms with Crippen molar-refractivity contribution in [3.8, 4) is 0 Å². The number of benzene rings is 1. The minimum Gasteiger partial charge on any atom is -0.360 e. The van der Waals surface area contributed by atoms with Crippen LogP contribution in [0.5, 0.6) is 0 Å². The SMILES string of the molecule is N=C(N1CCCC1)C1(c2ccccc2)CCCC1. The van der Waals surface area contributed by atoms with Crippen LogP contribution < -0.4 is 0 Å². The molecule has 1 saturated carbocycles. The van der Waals surface area contributed by atoms with Crippen molar-refractivity contribution in [2.75, 3.05) is 13.1 Å². The van der Waals surface area contributed by atoms with Crippen molar-refractivity contribution in [1.82, 2.24) is 4.90 Å². The van der Waals surface area contributed by atoms with Crippen LogP contribution in [0, 0.1) is 5.41 Å². The van der Waals surface area contributed by atoms with Crippen molar-refractivity contribution < 1.29 is 0 Å². The van der Waals surface area contributed by atoms with Crippen molar-refractivity contribution in [2.24, 2.45) is 0 Å². The fourth-order valence-electron chi connectivity index (χ4n) is 3.64. The van der Waals surface area contributed by atoms with Gasteiger partial charge in [0.2, 0.25) is 0 Å².